The Balaban J connectivity index is 0.000000500. The van der Waals surface area contributed by atoms with Crippen molar-refractivity contribution >= 4 is 17.5 Å². The summed E-state index contributed by atoms with van der Waals surface area (Å²) in [5.41, 5.74) is 2.92. The predicted molar refractivity (Wildman–Crippen MR) is 152 cm³/mol. The number of ether oxygens (including phenoxy) is 8. The van der Waals surface area contributed by atoms with Crippen molar-refractivity contribution in [1.82, 2.24) is 0 Å². The van der Waals surface area contributed by atoms with Crippen molar-refractivity contribution in [2.24, 2.45) is 0 Å². The molecule has 3 aromatic rings. The zero-order valence-electron chi connectivity index (χ0n) is 23.6. The van der Waals surface area contributed by atoms with Crippen molar-refractivity contribution in [3.05, 3.63) is 71.0 Å². The number of benzene rings is 3. The van der Waals surface area contributed by atoms with E-state index in [1.54, 1.807) is 52.7 Å². The van der Waals surface area contributed by atoms with E-state index in [0.717, 1.165) is 43.4 Å². The maximum Gasteiger partial charge on any atom is 0.231 e. The minimum absolute atomic E-state index is 0.195. The third-order valence-electron chi connectivity index (χ3n) is 6.83. The van der Waals surface area contributed by atoms with Gasteiger partial charge in [-0.05, 0) is 48.5 Å². The Kier molecular flexibility index (Phi) is 8.81. The molecule has 10 heteroatoms. The summed E-state index contributed by atoms with van der Waals surface area (Å²) >= 11 is 0. The second kappa shape index (κ2) is 12.8. The summed E-state index contributed by atoms with van der Waals surface area (Å²) < 4.78 is 43.5. The summed E-state index contributed by atoms with van der Waals surface area (Å²) in [4.78, 5) is 15.3. The Hall–Kier alpha value is -4.41. The average Bonchev–Trinajstić information content (AvgIpc) is 3.36. The van der Waals surface area contributed by atoms with Crippen LogP contribution in [0.1, 0.15) is 21.5 Å². The van der Waals surface area contributed by atoms with Gasteiger partial charge < -0.3 is 42.8 Å². The van der Waals surface area contributed by atoms with Crippen molar-refractivity contribution in [2.75, 3.05) is 66.5 Å². The van der Waals surface area contributed by atoms with Gasteiger partial charge >= 0.3 is 0 Å². The van der Waals surface area contributed by atoms with Crippen LogP contribution < -0.4 is 33.3 Å². The predicted octanol–water partition coefficient (Wildman–Crippen LogP) is 4.73. The number of Topliss-reactive ketones (excluding diaryl/α,β-unsaturated/α-hetero) is 1. The molecule has 3 aliphatic rings. The first-order valence-electron chi connectivity index (χ1n) is 13.1. The first-order chi connectivity index (χ1) is 20.1. The van der Waals surface area contributed by atoms with Gasteiger partial charge in [-0.1, -0.05) is 0 Å². The maximum atomic E-state index is 13.2. The molecule has 216 valence electrons. The largest absolute Gasteiger partial charge is 0.497 e. The van der Waals surface area contributed by atoms with Crippen LogP contribution in [0.25, 0.3) is 6.08 Å². The standard InChI is InChI=1S/C27H25NO7.C4H8O2/c1-30-18-7-5-17(6-8-18)28-14-20-21(34-15-28)10-9-19-26(29)25(35-27(19)20)12-16-11-23(32-3)24(33-4)13-22(16)31-2;1-2-6-4-3-5-1/h5-13H,14-15H2,1-4H3;1-4H2/b25-12-;. The Bertz CT molecular complexity index is 1400. The Morgan fingerprint density at radius 2 is 1.44 bits per heavy atom. The number of nitrogens with zero attached hydrogens (tertiary/aromatic N) is 1. The topological polar surface area (TPSA) is 94.2 Å². The molecule has 0 atom stereocenters. The van der Waals surface area contributed by atoms with Crippen LogP contribution in [0.2, 0.25) is 0 Å². The van der Waals surface area contributed by atoms with E-state index in [1.807, 2.05) is 30.3 Å². The fourth-order valence-electron chi connectivity index (χ4n) is 4.66. The Morgan fingerprint density at radius 1 is 0.780 bits per heavy atom. The molecule has 0 aliphatic carbocycles. The van der Waals surface area contributed by atoms with Gasteiger partial charge in [0, 0.05) is 17.3 Å². The summed E-state index contributed by atoms with van der Waals surface area (Å²) in [7, 11) is 6.29. The number of hydrogen-bond acceptors (Lipinski definition) is 10. The molecule has 6 rings (SSSR count). The molecule has 1 fully saturated rings. The van der Waals surface area contributed by atoms with E-state index in [0.29, 0.717) is 53.2 Å². The lowest BCUT2D eigenvalue weighted by atomic mass is 10.0. The second-order valence-corrected chi connectivity index (χ2v) is 9.20. The number of fused-ring (bicyclic) bond motifs is 3. The molecule has 0 unspecified atom stereocenters. The van der Waals surface area contributed by atoms with Crippen molar-refractivity contribution in [3.8, 4) is 34.5 Å². The lowest BCUT2D eigenvalue weighted by Gasteiger charge is -2.31. The highest BCUT2D eigenvalue weighted by Gasteiger charge is 2.34. The molecule has 41 heavy (non-hydrogen) atoms. The molecule has 3 heterocycles. The van der Waals surface area contributed by atoms with E-state index >= 15 is 0 Å². The van der Waals surface area contributed by atoms with E-state index < -0.39 is 0 Å². The van der Waals surface area contributed by atoms with Gasteiger partial charge in [0.1, 0.15) is 23.0 Å². The highest BCUT2D eigenvalue weighted by molar-refractivity contribution is 6.15. The summed E-state index contributed by atoms with van der Waals surface area (Å²) in [5, 5.41) is 0. The monoisotopic (exact) mass is 563 g/mol. The third-order valence-corrected chi connectivity index (χ3v) is 6.83. The van der Waals surface area contributed by atoms with Crippen LogP contribution in [-0.4, -0.2) is 67.4 Å². The molecule has 3 aromatic carbocycles. The third kappa shape index (κ3) is 6.03. The normalized spacial score (nSPS) is 16.4. The van der Waals surface area contributed by atoms with E-state index in [1.165, 1.54) is 0 Å². The van der Waals surface area contributed by atoms with Crippen LogP contribution >= 0.6 is 0 Å². The van der Waals surface area contributed by atoms with Crippen molar-refractivity contribution < 1.29 is 42.7 Å². The van der Waals surface area contributed by atoms with Crippen molar-refractivity contribution in [3.63, 3.8) is 0 Å². The van der Waals surface area contributed by atoms with Crippen LogP contribution in [0.3, 0.4) is 0 Å². The quantitative estimate of drug-likeness (QED) is 0.392. The van der Waals surface area contributed by atoms with Crippen LogP contribution in [0.4, 0.5) is 5.69 Å². The van der Waals surface area contributed by atoms with Crippen LogP contribution in [-0.2, 0) is 16.0 Å². The number of methoxy groups -OCH3 is 4. The van der Waals surface area contributed by atoms with E-state index in [2.05, 4.69) is 4.90 Å². The minimum atomic E-state index is -0.207. The van der Waals surface area contributed by atoms with Gasteiger partial charge in [0.05, 0.1) is 72.5 Å². The molecule has 1 saturated heterocycles. The maximum absolute atomic E-state index is 13.2. The number of rotatable bonds is 6. The number of hydrogen-bond donors (Lipinski definition) is 0. The first kappa shape index (κ1) is 28.1. The number of anilines is 1. The van der Waals surface area contributed by atoms with Gasteiger partial charge in [0.25, 0.3) is 0 Å². The highest BCUT2D eigenvalue weighted by atomic mass is 16.6. The molecule has 0 amide bonds. The zero-order valence-corrected chi connectivity index (χ0v) is 23.6. The summed E-state index contributed by atoms with van der Waals surface area (Å²) in [6, 6.07) is 14.8. The smallest absolute Gasteiger partial charge is 0.231 e. The average molecular weight is 564 g/mol. The molecular weight excluding hydrogens is 530 g/mol. The second-order valence-electron chi connectivity index (χ2n) is 9.20. The van der Waals surface area contributed by atoms with Crippen LogP contribution in [0.5, 0.6) is 34.5 Å². The molecule has 0 spiro atoms. The molecule has 0 radical (unpaired) electrons. The lowest BCUT2D eigenvalue weighted by molar-refractivity contribution is -0.0334. The van der Waals surface area contributed by atoms with E-state index in [9.17, 15) is 4.79 Å². The zero-order chi connectivity index (χ0) is 28.8. The van der Waals surface area contributed by atoms with Crippen molar-refractivity contribution in [2.45, 2.75) is 6.54 Å². The SMILES string of the molecule is C1COCCO1.COc1ccc(N2COc3ccc4c(c3C2)O/C(=C\c2cc(OC)c(OC)cc2OC)C4=O)cc1. The molecule has 10 nitrogen and oxygen atoms in total. The number of carbonyl (C=O) groups is 1. The van der Waals surface area contributed by atoms with Crippen LogP contribution in [0.15, 0.2) is 54.3 Å². The van der Waals surface area contributed by atoms with Gasteiger partial charge in [-0.25, -0.2) is 0 Å². The van der Waals surface area contributed by atoms with Gasteiger partial charge in [-0.2, -0.15) is 0 Å². The number of allylic oxidation sites excluding steroid dienone is 1. The fraction of sp³-hybridized carbons (Fsp3) is 0.323. The van der Waals surface area contributed by atoms with Gasteiger partial charge in [-0.15, -0.1) is 0 Å². The number of ketones is 1. The van der Waals surface area contributed by atoms with Crippen LogP contribution in [0, 0.1) is 0 Å². The fourth-order valence-corrected chi connectivity index (χ4v) is 4.66. The Labute approximate surface area is 238 Å². The van der Waals surface area contributed by atoms with Gasteiger partial charge in [0.15, 0.2) is 24.0 Å². The summed E-state index contributed by atoms with van der Waals surface area (Å²) in [6.45, 7) is 4.03. The summed E-state index contributed by atoms with van der Waals surface area (Å²) in [6.07, 6.45) is 1.65. The molecule has 3 aliphatic heterocycles. The van der Waals surface area contributed by atoms with E-state index in [-0.39, 0.29) is 11.5 Å². The molecule has 0 N–H and O–H groups in total. The molecule has 0 saturated carbocycles. The molecular formula is C31H33NO9. The van der Waals surface area contributed by atoms with Crippen molar-refractivity contribution in [1.29, 1.82) is 0 Å². The molecule has 0 bridgehead atoms. The van der Waals surface area contributed by atoms with Gasteiger partial charge in [-0.3, -0.25) is 4.79 Å². The lowest BCUT2D eigenvalue weighted by Crippen LogP contribution is -2.32. The molecule has 0 aromatic heterocycles. The summed E-state index contributed by atoms with van der Waals surface area (Å²) in [5.74, 6) is 3.55. The van der Waals surface area contributed by atoms with Gasteiger partial charge in [0.2, 0.25) is 5.78 Å². The number of carbonyl (C=O) groups excluding carboxylic acids is 1. The van der Waals surface area contributed by atoms with E-state index in [4.69, 9.17) is 37.9 Å². The Morgan fingerprint density at radius 3 is 2.05 bits per heavy atom. The minimum Gasteiger partial charge on any atom is -0.497 e. The highest BCUT2D eigenvalue weighted by Crippen LogP contribution is 2.44. The first-order valence-corrected chi connectivity index (χ1v) is 13.1.